The van der Waals surface area contributed by atoms with E-state index in [-0.39, 0.29) is 11.5 Å². The van der Waals surface area contributed by atoms with Crippen molar-refractivity contribution in [1.29, 1.82) is 0 Å². The first-order valence-electron chi connectivity index (χ1n) is 5.50. The number of hydrogen-bond donors (Lipinski definition) is 0. The lowest BCUT2D eigenvalue weighted by atomic mass is 10.2. The van der Waals surface area contributed by atoms with E-state index < -0.39 is 40.2 Å². The summed E-state index contributed by atoms with van der Waals surface area (Å²) >= 11 is 0.644. The Balaban J connectivity index is 2.39. The normalized spacial score (nSPS) is 18.8. The van der Waals surface area contributed by atoms with Crippen LogP contribution in [0.2, 0.25) is 0 Å². The Hall–Kier alpha value is -1.83. The fourth-order valence-corrected chi connectivity index (χ4v) is 2.67. The molecule has 0 unspecified atom stereocenters. The van der Waals surface area contributed by atoms with E-state index in [4.69, 9.17) is 0 Å². The number of halogens is 3. The summed E-state index contributed by atoms with van der Waals surface area (Å²) in [5.41, 5.74) is -0.648. The molecule has 0 radical (unpaired) electrons. The first kappa shape index (κ1) is 14.6. The first-order valence-corrected chi connectivity index (χ1v) is 6.38. The smallest absolute Gasteiger partial charge is 0.247 e. The minimum atomic E-state index is -1.76. The first-order chi connectivity index (χ1) is 9.32. The van der Waals surface area contributed by atoms with Crippen LogP contribution in [0.5, 0.6) is 0 Å². The quantitative estimate of drug-likeness (QED) is 0.619. The van der Waals surface area contributed by atoms with Crippen LogP contribution < -0.4 is 4.90 Å². The predicted octanol–water partition coefficient (Wildman–Crippen LogP) is 2.02. The van der Waals surface area contributed by atoms with Gasteiger partial charge in [0.05, 0.1) is 5.69 Å². The third-order valence-corrected chi connectivity index (χ3v) is 3.65. The van der Waals surface area contributed by atoms with Gasteiger partial charge in [-0.15, -0.1) is 0 Å². The van der Waals surface area contributed by atoms with E-state index in [1.807, 2.05) is 0 Å². The summed E-state index contributed by atoms with van der Waals surface area (Å²) in [4.78, 5) is 35.1. The van der Waals surface area contributed by atoms with E-state index in [1.165, 1.54) is 6.92 Å². The molecule has 1 aliphatic rings. The zero-order valence-electron chi connectivity index (χ0n) is 10.2. The Morgan fingerprint density at radius 1 is 1.25 bits per heavy atom. The minimum absolute atomic E-state index is 0.290. The molecule has 8 heteroatoms. The lowest BCUT2D eigenvalue weighted by Gasteiger charge is -2.15. The number of thioether (sulfide) groups is 1. The molecule has 0 saturated carbocycles. The van der Waals surface area contributed by atoms with Gasteiger partial charge in [0.25, 0.3) is 0 Å². The third kappa shape index (κ3) is 2.43. The second-order valence-electron chi connectivity index (χ2n) is 4.06. The molecule has 0 bridgehead atoms. The van der Waals surface area contributed by atoms with Gasteiger partial charge in [-0.3, -0.25) is 14.4 Å². The molecule has 2 amide bonds. The maximum absolute atomic E-state index is 13.6. The van der Waals surface area contributed by atoms with Gasteiger partial charge in [-0.2, -0.15) is 0 Å². The fraction of sp³-hybridized carbons (Fsp3) is 0.250. The summed E-state index contributed by atoms with van der Waals surface area (Å²) in [5.74, 6) is -6.37. The Morgan fingerprint density at radius 3 is 2.50 bits per heavy atom. The molecule has 1 saturated heterocycles. The van der Waals surface area contributed by atoms with Gasteiger partial charge in [-0.25, -0.2) is 18.1 Å². The van der Waals surface area contributed by atoms with E-state index in [2.05, 4.69) is 0 Å². The molecule has 1 aliphatic heterocycles. The minimum Gasteiger partial charge on any atom is -0.288 e. The largest absolute Gasteiger partial charge is 0.288 e. The van der Waals surface area contributed by atoms with E-state index in [0.29, 0.717) is 22.7 Å². The van der Waals surface area contributed by atoms with Gasteiger partial charge in [0.2, 0.25) is 11.8 Å². The molecule has 0 aromatic heterocycles. The number of anilines is 1. The molecule has 2 rings (SSSR count). The average molecular weight is 303 g/mol. The number of carbonyl (C=O) groups excluding carboxylic acids is 3. The summed E-state index contributed by atoms with van der Waals surface area (Å²) in [6.07, 6.45) is -0.290. The van der Waals surface area contributed by atoms with Crippen LogP contribution in [0.4, 0.5) is 18.9 Å². The molecule has 4 nitrogen and oxygen atoms in total. The molecular weight excluding hydrogens is 295 g/mol. The summed E-state index contributed by atoms with van der Waals surface area (Å²) in [5, 5.41) is -1.34. The van der Waals surface area contributed by atoms with Crippen molar-refractivity contribution in [2.45, 2.75) is 18.6 Å². The van der Waals surface area contributed by atoms with E-state index in [0.717, 1.165) is 6.07 Å². The fourth-order valence-electron chi connectivity index (χ4n) is 1.84. The molecule has 1 atom stereocenters. The van der Waals surface area contributed by atoms with Crippen molar-refractivity contribution >= 4 is 34.4 Å². The van der Waals surface area contributed by atoms with Gasteiger partial charge in [-0.1, -0.05) is 11.8 Å². The number of benzene rings is 1. The third-order valence-electron chi connectivity index (χ3n) is 2.67. The number of hydrogen-bond acceptors (Lipinski definition) is 4. The maximum atomic E-state index is 13.6. The van der Waals surface area contributed by atoms with E-state index in [9.17, 15) is 27.6 Å². The predicted molar refractivity (Wildman–Crippen MR) is 65.5 cm³/mol. The van der Waals surface area contributed by atoms with Gasteiger partial charge in [-0.05, 0) is 12.1 Å². The monoisotopic (exact) mass is 303 g/mol. The highest BCUT2D eigenvalue weighted by atomic mass is 32.2. The molecule has 1 heterocycles. The Bertz CT molecular complexity index is 620. The second-order valence-corrected chi connectivity index (χ2v) is 5.44. The zero-order chi connectivity index (χ0) is 15.0. The number of rotatable bonds is 2. The lowest BCUT2D eigenvalue weighted by molar-refractivity contribution is -0.121. The summed E-state index contributed by atoms with van der Waals surface area (Å²) in [6.45, 7) is 1.23. The second kappa shape index (κ2) is 5.28. The van der Waals surface area contributed by atoms with Crippen LogP contribution in [0.15, 0.2) is 12.1 Å². The summed E-state index contributed by atoms with van der Waals surface area (Å²) in [7, 11) is 0. The highest BCUT2D eigenvalue weighted by Gasteiger charge is 2.42. The molecule has 1 aromatic carbocycles. The van der Waals surface area contributed by atoms with E-state index >= 15 is 0 Å². The molecule has 20 heavy (non-hydrogen) atoms. The summed E-state index contributed by atoms with van der Waals surface area (Å²) in [6, 6.07) is 1.43. The molecular formula is C12H8F3NO3S. The van der Waals surface area contributed by atoms with Crippen LogP contribution >= 0.6 is 11.8 Å². The van der Waals surface area contributed by atoms with Gasteiger partial charge in [0.15, 0.2) is 22.6 Å². The van der Waals surface area contributed by atoms with Crippen molar-refractivity contribution in [3.8, 4) is 0 Å². The maximum Gasteiger partial charge on any atom is 0.247 e. The molecule has 106 valence electrons. The Morgan fingerprint density at radius 2 is 1.90 bits per heavy atom. The molecule has 0 aliphatic carbocycles. The van der Waals surface area contributed by atoms with Crippen molar-refractivity contribution < 1.29 is 27.6 Å². The topological polar surface area (TPSA) is 54.5 Å². The van der Waals surface area contributed by atoms with Gasteiger partial charge >= 0.3 is 0 Å². The van der Waals surface area contributed by atoms with Crippen molar-refractivity contribution in [2.24, 2.45) is 0 Å². The van der Waals surface area contributed by atoms with E-state index in [1.54, 1.807) is 0 Å². The van der Waals surface area contributed by atoms with Crippen LogP contribution in [0.1, 0.15) is 13.3 Å². The van der Waals surface area contributed by atoms with Crippen LogP contribution in [-0.2, 0) is 14.4 Å². The Kier molecular flexibility index (Phi) is 3.85. The SMILES string of the molecule is CC(=O)S[C@@H]1CC(=O)N(c2ccc(F)c(F)c2F)C1=O. The highest BCUT2D eigenvalue weighted by Crippen LogP contribution is 2.32. The van der Waals surface area contributed by atoms with Gasteiger partial charge in [0.1, 0.15) is 5.25 Å². The molecule has 1 fully saturated rings. The standard InChI is InChI=1S/C12H8F3NO3S/c1-5(17)20-8-4-9(18)16(12(8)19)7-3-2-6(13)10(14)11(7)15/h2-3,8H,4H2,1H3/t8-/m1/s1. The number of nitrogens with zero attached hydrogens (tertiary/aromatic N) is 1. The van der Waals surface area contributed by atoms with Crippen molar-refractivity contribution in [2.75, 3.05) is 4.90 Å². The number of carbonyl (C=O) groups is 3. The average Bonchev–Trinajstić information content (AvgIpc) is 2.62. The van der Waals surface area contributed by atoms with Crippen LogP contribution in [-0.4, -0.2) is 22.2 Å². The number of amides is 2. The zero-order valence-corrected chi connectivity index (χ0v) is 11.0. The summed E-state index contributed by atoms with van der Waals surface area (Å²) < 4.78 is 39.6. The van der Waals surface area contributed by atoms with Crippen molar-refractivity contribution in [3.05, 3.63) is 29.6 Å². The lowest BCUT2D eigenvalue weighted by Crippen LogP contribution is -2.32. The van der Waals surface area contributed by atoms with Crippen molar-refractivity contribution in [1.82, 2.24) is 0 Å². The van der Waals surface area contributed by atoms with Crippen LogP contribution in [0.3, 0.4) is 0 Å². The van der Waals surface area contributed by atoms with Gasteiger partial charge in [0, 0.05) is 13.3 Å². The van der Waals surface area contributed by atoms with Gasteiger partial charge < -0.3 is 0 Å². The number of imide groups is 1. The van der Waals surface area contributed by atoms with Crippen LogP contribution in [0, 0.1) is 17.5 Å². The molecule has 0 spiro atoms. The highest BCUT2D eigenvalue weighted by molar-refractivity contribution is 8.14. The Labute approximate surface area is 115 Å². The van der Waals surface area contributed by atoms with Crippen molar-refractivity contribution in [3.63, 3.8) is 0 Å². The molecule has 0 N–H and O–H groups in total. The van der Waals surface area contributed by atoms with Crippen LogP contribution in [0.25, 0.3) is 0 Å². The molecule has 1 aromatic rings.